The summed E-state index contributed by atoms with van der Waals surface area (Å²) in [6.07, 6.45) is 0. The van der Waals surface area contributed by atoms with Crippen LogP contribution >= 0.6 is 27.3 Å². The van der Waals surface area contributed by atoms with E-state index in [-0.39, 0.29) is 5.91 Å². The van der Waals surface area contributed by atoms with Gasteiger partial charge < -0.3 is 5.73 Å². The molecule has 1 heterocycles. The van der Waals surface area contributed by atoms with Crippen molar-refractivity contribution in [2.24, 2.45) is 0 Å². The molecule has 17 heavy (non-hydrogen) atoms. The van der Waals surface area contributed by atoms with E-state index in [1.807, 2.05) is 13.0 Å². The fraction of sp³-hybridized carbons (Fsp3) is 0.100. The Morgan fingerprint density at radius 2 is 2.24 bits per heavy atom. The highest BCUT2D eigenvalue weighted by atomic mass is 79.9. The number of rotatable bonds is 2. The number of anilines is 2. The molecule has 0 radical (unpaired) electrons. The second-order valence-corrected chi connectivity index (χ2v) is 5.23. The van der Waals surface area contributed by atoms with Crippen LogP contribution in [0.15, 0.2) is 22.7 Å². The van der Waals surface area contributed by atoms with Crippen molar-refractivity contribution in [2.45, 2.75) is 6.92 Å². The molecule has 0 atom stereocenters. The summed E-state index contributed by atoms with van der Waals surface area (Å²) in [5.74, 6) is -0.225. The molecule has 1 aromatic carbocycles. The highest BCUT2D eigenvalue weighted by Crippen LogP contribution is 2.20. The maximum atomic E-state index is 11.9. The molecule has 0 fully saturated rings. The maximum absolute atomic E-state index is 11.9. The molecule has 0 aliphatic rings. The lowest BCUT2D eigenvalue weighted by atomic mass is 10.1. The molecule has 2 aromatic rings. The van der Waals surface area contributed by atoms with Crippen molar-refractivity contribution in [1.29, 1.82) is 0 Å². The third-order valence-corrected chi connectivity index (χ3v) is 3.64. The summed E-state index contributed by atoms with van der Waals surface area (Å²) in [6, 6.07) is 5.36. The van der Waals surface area contributed by atoms with E-state index in [4.69, 9.17) is 5.73 Å². The zero-order valence-electron chi connectivity index (χ0n) is 8.90. The molecule has 0 saturated heterocycles. The smallest absolute Gasteiger partial charge is 0.257 e. The molecule has 3 N–H and O–H groups in total. The summed E-state index contributed by atoms with van der Waals surface area (Å²) in [5, 5.41) is 10.7. The Kier molecular flexibility index (Phi) is 3.39. The summed E-state index contributed by atoms with van der Waals surface area (Å²) in [6.45, 7) is 1.92. The number of nitrogen functional groups attached to an aromatic ring is 1. The zero-order chi connectivity index (χ0) is 12.4. The number of aryl methyl sites for hydroxylation is 1. The third kappa shape index (κ3) is 2.80. The Labute approximate surface area is 110 Å². The number of carbonyl (C=O) groups excluding carboxylic acids is 1. The quantitative estimate of drug-likeness (QED) is 0.892. The van der Waals surface area contributed by atoms with Crippen molar-refractivity contribution in [1.82, 2.24) is 10.2 Å². The largest absolute Gasteiger partial charge is 0.374 e. The normalized spacial score (nSPS) is 10.2. The van der Waals surface area contributed by atoms with Crippen molar-refractivity contribution in [3.63, 3.8) is 0 Å². The number of hydrogen-bond donors (Lipinski definition) is 2. The molecule has 0 unspecified atom stereocenters. The molecule has 0 aliphatic heterocycles. The topological polar surface area (TPSA) is 80.9 Å². The zero-order valence-corrected chi connectivity index (χ0v) is 11.3. The third-order valence-electron chi connectivity index (χ3n) is 2.08. The van der Waals surface area contributed by atoms with Gasteiger partial charge in [0.25, 0.3) is 5.91 Å². The molecule has 0 aliphatic carbocycles. The molecule has 1 amide bonds. The van der Waals surface area contributed by atoms with Gasteiger partial charge in [0.2, 0.25) is 10.3 Å². The summed E-state index contributed by atoms with van der Waals surface area (Å²) in [5.41, 5.74) is 6.99. The average molecular weight is 313 g/mol. The van der Waals surface area contributed by atoms with Crippen LogP contribution in [-0.2, 0) is 0 Å². The van der Waals surface area contributed by atoms with Gasteiger partial charge >= 0.3 is 0 Å². The van der Waals surface area contributed by atoms with Gasteiger partial charge in [-0.15, -0.1) is 10.2 Å². The maximum Gasteiger partial charge on any atom is 0.257 e. The van der Waals surface area contributed by atoms with Crippen LogP contribution < -0.4 is 11.1 Å². The molecule has 5 nitrogen and oxygen atoms in total. The summed E-state index contributed by atoms with van der Waals surface area (Å²) < 4.78 is 0.967. The van der Waals surface area contributed by atoms with Crippen LogP contribution in [0.2, 0.25) is 0 Å². The molecule has 88 valence electrons. The molecular weight excluding hydrogens is 304 g/mol. The first-order valence-electron chi connectivity index (χ1n) is 4.73. The Bertz CT molecular complexity index is 569. The van der Waals surface area contributed by atoms with Gasteiger partial charge in [-0.05, 0) is 30.7 Å². The van der Waals surface area contributed by atoms with E-state index in [2.05, 4.69) is 31.4 Å². The van der Waals surface area contributed by atoms with Crippen LogP contribution in [0.5, 0.6) is 0 Å². The number of hydrogen-bond acceptors (Lipinski definition) is 5. The van der Waals surface area contributed by atoms with Gasteiger partial charge in [0.1, 0.15) is 0 Å². The van der Waals surface area contributed by atoms with Gasteiger partial charge in [0.05, 0.1) is 0 Å². The number of nitrogens with one attached hydrogen (secondary N) is 1. The minimum Gasteiger partial charge on any atom is -0.374 e. The Morgan fingerprint density at radius 3 is 2.82 bits per heavy atom. The van der Waals surface area contributed by atoms with Gasteiger partial charge in [0, 0.05) is 10.0 Å². The lowest BCUT2D eigenvalue weighted by Crippen LogP contribution is -2.11. The lowest BCUT2D eigenvalue weighted by Gasteiger charge is -2.03. The Balaban J connectivity index is 2.17. The van der Waals surface area contributed by atoms with E-state index in [9.17, 15) is 4.79 Å². The summed E-state index contributed by atoms with van der Waals surface area (Å²) >= 11 is 4.51. The van der Waals surface area contributed by atoms with Crippen molar-refractivity contribution < 1.29 is 4.79 Å². The number of halogens is 1. The predicted octanol–water partition coefficient (Wildman–Crippen LogP) is 2.44. The van der Waals surface area contributed by atoms with Gasteiger partial charge in [-0.1, -0.05) is 27.3 Å². The first kappa shape index (κ1) is 12.0. The SMILES string of the molecule is Cc1cc(C(=O)Nc2nnc(N)s2)ccc1Br. The molecule has 0 bridgehead atoms. The highest BCUT2D eigenvalue weighted by molar-refractivity contribution is 9.10. The fourth-order valence-corrected chi connectivity index (χ4v) is 1.99. The first-order valence-corrected chi connectivity index (χ1v) is 6.33. The molecule has 2 rings (SSSR count). The van der Waals surface area contributed by atoms with E-state index in [1.165, 1.54) is 0 Å². The van der Waals surface area contributed by atoms with Crippen LogP contribution in [0.1, 0.15) is 15.9 Å². The average Bonchev–Trinajstić information content (AvgIpc) is 2.68. The number of aromatic nitrogens is 2. The predicted molar refractivity (Wildman–Crippen MR) is 71.2 cm³/mol. The molecular formula is C10H9BrN4OS. The van der Waals surface area contributed by atoms with Crippen LogP contribution in [0.3, 0.4) is 0 Å². The molecule has 0 saturated carbocycles. The minimum atomic E-state index is -0.225. The van der Waals surface area contributed by atoms with Crippen molar-refractivity contribution >= 4 is 43.4 Å². The number of amides is 1. The summed E-state index contributed by atoms with van der Waals surface area (Å²) in [4.78, 5) is 11.9. The van der Waals surface area contributed by atoms with E-state index in [0.717, 1.165) is 21.4 Å². The second kappa shape index (κ2) is 4.80. The molecule has 7 heteroatoms. The number of carbonyl (C=O) groups is 1. The van der Waals surface area contributed by atoms with E-state index in [0.29, 0.717) is 15.8 Å². The standard InChI is InChI=1S/C10H9BrN4OS/c1-5-4-6(2-3-7(5)11)8(16)13-10-15-14-9(12)17-10/h2-4H,1H3,(H2,12,14)(H,13,15,16). The second-order valence-electron chi connectivity index (χ2n) is 3.36. The van der Waals surface area contributed by atoms with Crippen LogP contribution in [0.25, 0.3) is 0 Å². The monoisotopic (exact) mass is 312 g/mol. The first-order chi connectivity index (χ1) is 8.06. The van der Waals surface area contributed by atoms with Gasteiger partial charge in [-0.2, -0.15) is 0 Å². The van der Waals surface area contributed by atoms with Crippen LogP contribution in [0, 0.1) is 6.92 Å². The van der Waals surface area contributed by atoms with Crippen molar-refractivity contribution in [3.05, 3.63) is 33.8 Å². The van der Waals surface area contributed by atoms with E-state index in [1.54, 1.807) is 12.1 Å². The Hall–Kier alpha value is -1.47. The Morgan fingerprint density at radius 1 is 1.47 bits per heavy atom. The summed E-state index contributed by atoms with van der Waals surface area (Å²) in [7, 11) is 0. The lowest BCUT2D eigenvalue weighted by molar-refractivity contribution is 0.102. The van der Waals surface area contributed by atoms with Crippen molar-refractivity contribution in [3.8, 4) is 0 Å². The van der Waals surface area contributed by atoms with E-state index < -0.39 is 0 Å². The van der Waals surface area contributed by atoms with Crippen molar-refractivity contribution in [2.75, 3.05) is 11.1 Å². The van der Waals surface area contributed by atoms with Crippen LogP contribution in [0.4, 0.5) is 10.3 Å². The number of nitrogens with zero attached hydrogens (tertiary/aromatic N) is 2. The van der Waals surface area contributed by atoms with Gasteiger partial charge in [0.15, 0.2) is 0 Å². The number of benzene rings is 1. The van der Waals surface area contributed by atoms with Gasteiger partial charge in [-0.25, -0.2) is 0 Å². The molecule has 1 aromatic heterocycles. The van der Waals surface area contributed by atoms with Crippen LogP contribution in [-0.4, -0.2) is 16.1 Å². The number of nitrogens with two attached hydrogens (primary N) is 1. The van der Waals surface area contributed by atoms with E-state index >= 15 is 0 Å². The molecule has 0 spiro atoms. The highest BCUT2D eigenvalue weighted by Gasteiger charge is 2.10. The fourth-order valence-electron chi connectivity index (χ4n) is 1.24. The minimum absolute atomic E-state index is 0.225. The van der Waals surface area contributed by atoms with Gasteiger partial charge in [-0.3, -0.25) is 10.1 Å².